The first-order valence-electron chi connectivity index (χ1n) is 11.9. The molecule has 1 aliphatic rings. The van der Waals surface area contributed by atoms with Gasteiger partial charge in [0.2, 0.25) is 0 Å². The Kier molecular flexibility index (Phi) is 11.1. The Balaban J connectivity index is 0.00000341. The number of benzene rings is 2. The second kappa shape index (κ2) is 13.5. The van der Waals surface area contributed by atoms with E-state index in [1.807, 2.05) is 30.3 Å². The van der Waals surface area contributed by atoms with Crippen LogP contribution < -0.4 is 0 Å². The highest BCUT2D eigenvalue weighted by atomic mass is 79.9. The van der Waals surface area contributed by atoms with Crippen molar-refractivity contribution in [3.05, 3.63) is 77.0 Å². The van der Waals surface area contributed by atoms with Crippen molar-refractivity contribution in [2.24, 2.45) is 0 Å². The van der Waals surface area contributed by atoms with E-state index in [4.69, 9.17) is 0 Å². The molecule has 2 nitrogen and oxygen atoms in total. The van der Waals surface area contributed by atoms with Gasteiger partial charge in [0.25, 0.3) is 0 Å². The van der Waals surface area contributed by atoms with E-state index in [1.54, 1.807) is 0 Å². The van der Waals surface area contributed by atoms with Crippen molar-refractivity contribution in [1.29, 1.82) is 0 Å². The summed E-state index contributed by atoms with van der Waals surface area (Å²) < 4.78 is 0. The number of hydrogen-bond donors (Lipinski definition) is 0. The monoisotopic (exact) mass is 483 g/mol. The molecule has 0 N–H and O–H groups in total. The molecular formula is C28H38BrNO. The average molecular weight is 485 g/mol. The summed E-state index contributed by atoms with van der Waals surface area (Å²) in [6.07, 6.45) is 10.1. The molecule has 31 heavy (non-hydrogen) atoms. The Morgan fingerprint density at radius 2 is 1.42 bits per heavy atom. The molecule has 1 aliphatic carbocycles. The van der Waals surface area contributed by atoms with Crippen LogP contribution in [0.3, 0.4) is 0 Å². The van der Waals surface area contributed by atoms with Crippen molar-refractivity contribution in [2.75, 3.05) is 13.1 Å². The van der Waals surface area contributed by atoms with Gasteiger partial charge in [0.1, 0.15) is 0 Å². The fourth-order valence-electron chi connectivity index (χ4n) is 4.51. The Morgan fingerprint density at radius 1 is 0.806 bits per heavy atom. The van der Waals surface area contributed by atoms with Gasteiger partial charge in [-0.05, 0) is 42.4 Å². The van der Waals surface area contributed by atoms with Crippen LogP contribution in [0.2, 0.25) is 0 Å². The summed E-state index contributed by atoms with van der Waals surface area (Å²) in [7, 11) is 0. The molecule has 0 aromatic heterocycles. The topological polar surface area (TPSA) is 20.3 Å². The third-order valence-corrected chi connectivity index (χ3v) is 6.20. The average Bonchev–Trinajstić information content (AvgIpc) is 2.79. The number of hydrogen-bond acceptors (Lipinski definition) is 2. The molecule has 3 rings (SSSR count). The number of fused-ring (bicyclic) bond motifs is 1. The van der Waals surface area contributed by atoms with Gasteiger partial charge in [0.05, 0.1) is 0 Å². The molecule has 0 amide bonds. The van der Waals surface area contributed by atoms with Gasteiger partial charge in [-0.2, -0.15) is 0 Å². The van der Waals surface area contributed by atoms with Gasteiger partial charge in [0.15, 0.2) is 5.78 Å². The molecule has 168 valence electrons. The summed E-state index contributed by atoms with van der Waals surface area (Å²) in [6, 6.07) is 18.5. The lowest BCUT2D eigenvalue weighted by Gasteiger charge is -2.34. The maximum atomic E-state index is 13.2. The number of ketones is 1. The predicted octanol–water partition coefficient (Wildman–Crippen LogP) is 7.88. The van der Waals surface area contributed by atoms with E-state index >= 15 is 0 Å². The second-order valence-corrected chi connectivity index (χ2v) is 8.45. The SMILES string of the molecule is Br.CCCCCN(CCCCC)C1=C(CC(=O)c2ccccc2)c2ccccc2CC1. The van der Waals surface area contributed by atoms with Crippen LogP contribution in [-0.4, -0.2) is 23.8 Å². The summed E-state index contributed by atoms with van der Waals surface area (Å²) in [5, 5.41) is 0. The molecular weight excluding hydrogens is 446 g/mol. The van der Waals surface area contributed by atoms with Crippen LogP contribution in [0.25, 0.3) is 5.57 Å². The van der Waals surface area contributed by atoms with Crippen LogP contribution in [-0.2, 0) is 6.42 Å². The number of carbonyl (C=O) groups is 1. The van der Waals surface area contributed by atoms with Gasteiger partial charge in [-0.25, -0.2) is 0 Å². The third kappa shape index (κ3) is 7.07. The van der Waals surface area contributed by atoms with E-state index < -0.39 is 0 Å². The fraction of sp³-hybridized carbons (Fsp3) is 0.464. The largest absolute Gasteiger partial charge is 0.375 e. The number of Topliss-reactive ketones (excluding diaryl/α,β-unsaturated/α-hetero) is 1. The number of halogens is 1. The van der Waals surface area contributed by atoms with Gasteiger partial charge in [-0.1, -0.05) is 94.1 Å². The van der Waals surface area contributed by atoms with Crippen LogP contribution in [0.15, 0.2) is 60.3 Å². The van der Waals surface area contributed by atoms with E-state index in [0.29, 0.717) is 6.42 Å². The lowest BCUT2D eigenvalue weighted by molar-refractivity contribution is 0.0997. The standard InChI is InChI=1S/C28H37NO.BrH/c1-3-5-12-20-29(21-13-6-4-2)27-19-18-23-14-10-11-17-25(23)26(27)22-28(30)24-15-8-7-9-16-24;/h7-11,14-17H,3-6,12-13,18-22H2,1-2H3;1H. The zero-order valence-electron chi connectivity index (χ0n) is 19.2. The number of aryl methyl sites for hydroxylation is 1. The number of nitrogens with zero attached hydrogens (tertiary/aromatic N) is 1. The molecule has 0 atom stereocenters. The first-order valence-corrected chi connectivity index (χ1v) is 11.9. The number of allylic oxidation sites excluding steroid dienone is 2. The van der Waals surface area contributed by atoms with Gasteiger partial charge < -0.3 is 4.90 Å². The number of carbonyl (C=O) groups excluding carboxylic acids is 1. The molecule has 0 fully saturated rings. The molecule has 3 heteroatoms. The predicted molar refractivity (Wildman–Crippen MR) is 138 cm³/mol. The minimum Gasteiger partial charge on any atom is -0.375 e. The van der Waals surface area contributed by atoms with Crippen molar-refractivity contribution >= 4 is 28.3 Å². The van der Waals surface area contributed by atoms with Crippen molar-refractivity contribution < 1.29 is 4.79 Å². The van der Waals surface area contributed by atoms with Crippen molar-refractivity contribution in [2.45, 2.75) is 71.6 Å². The van der Waals surface area contributed by atoms with E-state index in [9.17, 15) is 4.79 Å². The zero-order valence-corrected chi connectivity index (χ0v) is 21.0. The number of unbranched alkanes of at least 4 members (excludes halogenated alkanes) is 4. The fourth-order valence-corrected chi connectivity index (χ4v) is 4.51. The molecule has 0 saturated carbocycles. The summed E-state index contributed by atoms with van der Waals surface area (Å²) in [5.74, 6) is 0.224. The van der Waals surface area contributed by atoms with E-state index in [-0.39, 0.29) is 22.8 Å². The van der Waals surface area contributed by atoms with Gasteiger partial charge >= 0.3 is 0 Å². The molecule has 0 spiro atoms. The van der Waals surface area contributed by atoms with Gasteiger partial charge in [-0.3, -0.25) is 4.79 Å². The summed E-state index contributed by atoms with van der Waals surface area (Å²) >= 11 is 0. The molecule has 0 radical (unpaired) electrons. The first-order chi connectivity index (χ1) is 14.7. The molecule has 0 heterocycles. The molecule has 2 aromatic carbocycles. The molecule has 0 unspecified atom stereocenters. The van der Waals surface area contributed by atoms with Crippen LogP contribution in [0.4, 0.5) is 0 Å². The van der Waals surface area contributed by atoms with Crippen molar-refractivity contribution in [3.63, 3.8) is 0 Å². The van der Waals surface area contributed by atoms with E-state index in [2.05, 4.69) is 43.0 Å². The molecule has 0 bridgehead atoms. The second-order valence-electron chi connectivity index (χ2n) is 8.45. The first kappa shape index (κ1) is 25.4. The Labute approximate surface area is 199 Å². The lowest BCUT2D eigenvalue weighted by atomic mass is 9.84. The van der Waals surface area contributed by atoms with Crippen molar-refractivity contribution in [1.82, 2.24) is 4.90 Å². The van der Waals surface area contributed by atoms with Crippen LogP contribution in [0.1, 0.15) is 86.7 Å². The molecule has 0 aliphatic heterocycles. The highest BCUT2D eigenvalue weighted by Gasteiger charge is 2.24. The Hall–Kier alpha value is -1.87. The summed E-state index contributed by atoms with van der Waals surface area (Å²) in [5.41, 5.74) is 6.18. The van der Waals surface area contributed by atoms with Crippen LogP contribution in [0, 0.1) is 0 Å². The van der Waals surface area contributed by atoms with E-state index in [0.717, 1.165) is 31.5 Å². The molecule has 2 aromatic rings. The Morgan fingerprint density at radius 3 is 2.06 bits per heavy atom. The minimum atomic E-state index is 0. The van der Waals surface area contributed by atoms with Crippen molar-refractivity contribution in [3.8, 4) is 0 Å². The quantitative estimate of drug-likeness (QED) is 0.226. The van der Waals surface area contributed by atoms with E-state index in [1.165, 1.54) is 60.9 Å². The normalized spacial score (nSPS) is 12.8. The maximum absolute atomic E-state index is 13.2. The van der Waals surface area contributed by atoms with Gasteiger partial charge in [0, 0.05) is 30.8 Å². The summed E-state index contributed by atoms with van der Waals surface area (Å²) in [4.78, 5) is 15.8. The highest BCUT2D eigenvalue weighted by molar-refractivity contribution is 8.93. The molecule has 0 saturated heterocycles. The lowest BCUT2D eigenvalue weighted by Crippen LogP contribution is -2.29. The Bertz CT molecular complexity index is 833. The third-order valence-electron chi connectivity index (χ3n) is 6.20. The zero-order chi connectivity index (χ0) is 21.2. The summed E-state index contributed by atoms with van der Waals surface area (Å²) in [6.45, 7) is 6.75. The smallest absolute Gasteiger partial charge is 0.167 e. The highest BCUT2D eigenvalue weighted by Crippen LogP contribution is 2.36. The maximum Gasteiger partial charge on any atom is 0.167 e. The number of rotatable bonds is 12. The van der Waals surface area contributed by atoms with Crippen LogP contribution in [0.5, 0.6) is 0 Å². The van der Waals surface area contributed by atoms with Crippen LogP contribution >= 0.6 is 17.0 Å². The minimum absolute atomic E-state index is 0. The van der Waals surface area contributed by atoms with Gasteiger partial charge in [-0.15, -0.1) is 17.0 Å².